The van der Waals surface area contributed by atoms with E-state index in [1.165, 1.54) is 6.42 Å². The molecule has 1 aromatic heterocycles. The highest BCUT2D eigenvalue weighted by atomic mass is 16.3. The van der Waals surface area contributed by atoms with Crippen molar-refractivity contribution in [1.82, 2.24) is 14.5 Å². The fourth-order valence-corrected chi connectivity index (χ4v) is 3.69. The molecule has 1 aromatic carbocycles. The number of piperidine rings is 1. The molecule has 1 amide bonds. The van der Waals surface area contributed by atoms with Crippen LogP contribution in [0.2, 0.25) is 0 Å². The number of rotatable bonds is 7. The van der Waals surface area contributed by atoms with E-state index in [0.29, 0.717) is 25.4 Å². The number of benzene rings is 1. The Labute approximate surface area is 155 Å². The quantitative estimate of drug-likeness (QED) is 0.831. The van der Waals surface area contributed by atoms with Crippen molar-refractivity contribution in [1.29, 1.82) is 0 Å². The van der Waals surface area contributed by atoms with Gasteiger partial charge in [0.2, 0.25) is 0 Å². The molecule has 0 radical (unpaired) electrons. The number of hydrogen-bond donors (Lipinski definition) is 1. The largest absolute Gasteiger partial charge is 0.383 e. The third kappa shape index (κ3) is 4.52. The highest BCUT2D eigenvalue weighted by Crippen LogP contribution is 2.27. The van der Waals surface area contributed by atoms with E-state index >= 15 is 0 Å². The molecule has 1 saturated heterocycles. The van der Waals surface area contributed by atoms with Crippen molar-refractivity contribution >= 4 is 5.91 Å². The number of aliphatic hydroxyl groups is 1. The van der Waals surface area contributed by atoms with Crippen LogP contribution in [0, 0.1) is 0 Å². The molecule has 26 heavy (non-hydrogen) atoms. The number of carbonyl (C=O) groups is 1. The maximum Gasteiger partial charge on any atom is 0.251 e. The Kier molecular flexibility index (Phi) is 6.45. The zero-order chi connectivity index (χ0) is 18.4. The van der Waals surface area contributed by atoms with Crippen LogP contribution in [0.25, 0.3) is 0 Å². The van der Waals surface area contributed by atoms with Crippen molar-refractivity contribution in [3.63, 3.8) is 0 Å². The first kappa shape index (κ1) is 18.6. The lowest BCUT2D eigenvalue weighted by Gasteiger charge is -2.33. The molecule has 5 nitrogen and oxygen atoms in total. The number of nitrogens with zero attached hydrogens (tertiary/aromatic N) is 3. The summed E-state index contributed by atoms with van der Waals surface area (Å²) in [5.41, 5.74) is 0.987. The van der Waals surface area contributed by atoms with Crippen LogP contribution in [0.1, 0.15) is 49.9 Å². The Bertz CT molecular complexity index is 690. The number of aliphatic hydroxyl groups excluding tert-OH is 1. The fraction of sp³-hybridized carbons (Fsp3) is 0.524. The predicted octanol–water partition coefficient (Wildman–Crippen LogP) is 2.99. The van der Waals surface area contributed by atoms with E-state index in [1.54, 1.807) is 0 Å². The maximum atomic E-state index is 12.6. The molecule has 0 aliphatic carbocycles. The molecule has 140 valence electrons. The van der Waals surface area contributed by atoms with Gasteiger partial charge in [-0.1, -0.05) is 43.7 Å². The lowest BCUT2D eigenvalue weighted by Crippen LogP contribution is -2.44. The van der Waals surface area contributed by atoms with Crippen LogP contribution in [0.3, 0.4) is 0 Å². The number of hydrogen-bond acceptors (Lipinski definition) is 3. The van der Waals surface area contributed by atoms with Crippen LogP contribution in [-0.2, 0) is 17.8 Å². The smallest absolute Gasteiger partial charge is 0.251 e. The first-order valence-electron chi connectivity index (χ1n) is 9.70. The molecule has 1 N–H and O–H groups in total. The Morgan fingerprint density at radius 3 is 2.69 bits per heavy atom. The Hall–Kier alpha value is -2.14. The highest BCUT2D eigenvalue weighted by molar-refractivity contribution is 5.81. The molecule has 2 aromatic rings. The van der Waals surface area contributed by atoms with Gasteiger partial charge < -0.3 is 14.6 Å². The average molecular weight is 355 g/mol. The summed E-state index contributed by atoms with van der Waals surface area (Å²) in [6.07, 6.45) is 7.51. The predicted molar refractivity (Wildman–Crippen MR) is 102 cm³/mol. The monoisotopic (exact) mass is 355 g/mol. The summed E-state index contributed by atoms with van der Waals surface area (Å²) in [5, 5.41) is 10.3. The SMILES string of the molecule is CCCCn1ccnc1C1CCN(C(=O)[C@@H](O)Cc2ccccc2)CC1. The van der Waals surface area contributed by atoms with Gasteiger partial charge in [0.15, 0.2) is 0 Å². The molecule has 1 aliphatic heterocycles. The molecule has 1 fully saturated rings. The summed E-state index contributed by atoms with van der Waals surface area (Å²) >= 11 is 0. The van der Waals surface area contributed by atoms with Crippen molar-refractivity contribution in [3.05, 3.63) is 54.1 Å². The molecule has 2 heterocycles. The molecule has 0 unspecified atom stereocenters. The van der Waals surface area contributed by atoms with Gasteiger partial charge in [0, 0.05) is 44.4 Å². The topological polar surface area (TPSA) is 58.4 Å². The van der Waals surface area contributed by atoms with Gasteiger partial charge in [-0.15, -0.1) is 0 Å². The van der Waals surface area contributed by atoms with Gasteiger partial charge >= 0.3 is 0 Å². The minimum absolute atomic E-state index is 0.151. The summed E-state index contributed by atoms with van der Waals surface area (Å²) in [4.78, 5) is 18.9. The van der Waals surface area contributed by atoms with Crippen LogP contribution in [-0.4, -0.2) is 44.7 Å². The van der Waals surface area contributed by atoms with Gasteiger partial charge in [0.1, 0.15) is 11.9 Å². The lowest BCUT2D eigenvalue weighted by atomic mass is 9.95. The standard InChI is InChI=1S/C21H29N3O2/c1-2-3-12-23-15-11-22-20(23)18-9-13-24(14-10-18)21(26)19(25)16-17-7-5-4-6-8-17/h4-8,11,15,18-19,25H,2-3,9-10,12-14,16H2,1H3/t19-/m0/s1. The van der Waals surface area contributed by atoms with Crippen molar-refractivity contribution in [2.45, 2.75) is 57.6 Å². The summed E-state index contributed by atoms with van der Waals surface area (Å²) in [6, 6.07) is 9.68. The first-order chi connectivity index (χ1) is 12.7. The molecule has 1 aliphatic rings. The Morgan fingerprint density at radius 2 is 2.00 bits per heavy atom. The molecule has 1 atom stereocenters. The van der Waals surface area contributed by atoms with Gasteiger partial charge in [-0.2, -0.15) is 0 Å². The van der Waals surface area contributed by atoms with E-state index in [0.717, 1.165) is 37.2 Å². The third-order valence-corrected chi connectivity index (χ3v) is 5.23. The number of likely N-dealkylation sites (tertiary alicyclic amines) is 1. The van der Waals surface area contributed by atoms with Crippen molar-refractivity contribution < 1.29 is 9.90 Å². The van der Waals surface area contributed by atoms with Gasteiger partial charge in [0.25, 0.3) is 5.91 Å². The second-order valence-electron chi connectivity index (χ2n) is 7.14. The Balaban J connectivity index is 1.53. The van der Waals surface area contributed by atoms with Gasteiger partial charge in [-0.3, -0.25) is 4.79 Å². The Morgan fingerprint density at radius 1 is 1.27 bits per heavy atom. The lowest BCUT2D eigenvalue weighted by molar-refractivity contribution is -0.141. The normalized spacial score (nSPS) is 16.6. The average Bonchev–Trinajstić information content (AvgIpc) is 3.15. The first-order valence-corrected chi connectivity index (χ1v) is 9.70. The van der Waals surface area contributed by atoms with E-state index in [2.05, 4.69) is 22.7 Å². The van der Waals surface area contributed by atoms with Crippen LogP contribution >= 0.6 is 0 Å². The molecule has 0 bridgehead atoms. The van der Waals surface area contributed by atoms with Crippen LogP contribution in [0.15, 0.2) is 42.7 Å². The van der Waals surface area contributed by atoms with Crippen LogP contribution in [0.4, 0.5) is 0 Å². The molecular formula is C21H29N3O2. The van der Waals surface area contributed by atoms with Crippen molar-refractivity contribution in [3.8, 4) is 0 Å². The van der Waals surface area contributed by atoms with E-state index in [-0.39, 0.29) is 5.91 Å². The number of amides is 1. The van der Waals surface area contributed by atoms with Crippen LogP contribution < -0.4 is 0 Å². The van der Waals surface area contributed by atoms with Crippen LogP contribution in [0.5, 0.6) is 0 Å². The molecule has 5 heteroatoms. The van der Waals surface area contributed by atoms with E-state index in [1.807, 2.05) is 41.4 Å². The van der Waals surface area contributed by atoms with Gasteiger partial charge in [0.05, 0.1) is 0 Å². The summed E-state index contributed by atoms with van der Waals surface area (Å²) in [5.74, 6) is 1.40. The van der Waals surface area contributed by atoms with Gasteiger partial charge in [-0.05, 0) is 24.8 Å². The van der Waals surface area contributed by atoms with Crippen molar-refractivity contribution in [2.24, 2.45) is 0 Å². The fourth-order valence-electron chi connectivity index (χ4n) is 3.69. The zero-order valence-corrected chi connectivity index (χ0v) is 15.6. The molecular weight excluding hydrogens is 326 g/mol. The third-order valence-electron chi connectivity index (χ3n) is 5.23. The highest BCUT2D eigenvalue weighted by Gasteiger charge is 2.29. The number of unbranched alkanes of at least 4 members (excludes halogenated alkanes) is 1. The van der Waals surface area contributed by atoms with E-state index in [9.17, 15) is 9.90 Å². The number of aromatic nitrogens is 2. The number of carbonyl (C=O) groups excluding carboxylic acids is 1. The van der Waals surface area contributed by atoms with E-state index < -0.39 is 6.10 Å². The molecule has 3 rings (SSSR count). The van der Waals surface area contributed by atoms with Gasteiger partial charge in [-0.25, -0.2) is 4.98 Å². The zero-order valence-electron chi connectivity index (χ0n) is 15.6. The van der Waals surface area contributed by atoms with Crippen molar-refractivity contribution in [2.75, 3.05) is 13.1 Å². The second kappa shape index (κ2) is 8.99. The number of aryl methyl sites for hydroxylation is 1. The summed E-state index contributed by atoms with van der Waals surface area (Å²) in [7, 11) is 0. The molecule has 0 spiro atoms. The number of imidazole rings is 1. The summed E-state index contributed by atoms with van der Waals surface area (Å²) in [6.45, 7) is 4.59. The minimum atomic E-state index is -0.958. The molecule has 0 saturated carbocycles. The summed E-state index contributed by atoms with van der Waals surface area (Å²) < 4.78 is 2.26. The maximum absolute atomic E-state index is 12.6. The van der Waals surface area contributed by atoms with E-state index in [4.69, 9.17) is 0 Å². The minimum Gasteiger partial charge on any atom is -0.383 e. The second-order valence-corrected chi connectivity index (χ2v) is 7.14.